The van der Waals surface area contributed by atoms with E-state index in [-0.39, 0.29) is 36.6 Å². The normalized spacial score (nSPS) is 8.17. The third kappa shape index (κ3) is 6.40. The van der Waals surface area contributed by atoms with Gasteiger partial charge in [-0.3, -0.25) is 0 Å². The molecule has 4 rings (SSSR count). The van der Waals surface area contributed by atoms with Crippen LogP contribution in [0.25, 0.3) is 21.5 Å². The molecule has 116 valence electrons. The Morgan fingerprint density at radius 3 is 1.26 bits per heavy atom. The summed E-state index contributed by atoms with van der Waals surface area (Å²) >= 11 is 0. The van der Waals surface area contributed by atoms with Crippen molar-refractivity contribution in [3.05, 3.63) is 113 Å². The van der Waals surface area contributed by atoms with Gasteiger partial charge >= 0.3 is 21.7 Å². The molecule has 0 radical (unpaired) electrons. The summed E-state index contributed by atoms with van der Waals surface area (Å²) in [5.74, 6) is 0. The number of hydrogen-bond acceptors (Lipinski definition) is 0. The summed E-state index contributed by atoms with van der Waals surface area (Å²) in [4.78, 5) is 0. The zero-order chi connectivity index (χ0) is 14.2. The van der Waals surface area contributed by atoms with Crippen molar-refractivity contribution in [2.75, 3.05) is 0 Å². The molecule has 0 atom stereocenters. The van der Waals surface area contributed by atoms with Gasteiger partial charge in [0.05, 0.1) is 0 Å². The second-order valence-corrected chi connectivity index (χ2v) is 4.31. The van der Waals surface area contributed by atoms with E-state index in [2.05, 4.69) is 98.1 Å². The molecule has 0 heterocycles. The molecule has 4 aromatic carbocycles. The van der Waals surface area contributed by atoms with Crippen molar-refractivity contribution >= 4 is 21.5 Å². The number of benzene rings is 2. The molecule has 0 aromatic heterocycles. The Kier molecular flexibility index (Phi) is 12.8. The molecule has 0 aliphatic rings. The van der Waals surface area contributed by atoms with Crippen LogP contribution in [0.2, 0.25) is 0 Å². The van der Waals surface area contributed by atoms with E-state index in [0.29, 0.717) is 0 Å². The molecule has 0 saturated heterocycles. The van der Waals surface area contributed by atoms with E-state index in [1.54, 1.807) is 0 Å². The molecule has 0 N–H and O–H groups in total. The standard InChI is InChI=1S/2C9H7.C2H4.2CH3.Ti/c2*1-2-5-9-7-3-6-8(9)4-1;1-2;;;/h2*1-7H;1-2H2;2*1H3;/q2*-1;;2*-1;+4. The van der Waals surface area contributed by atoms with Crippen LogP contribution in [0.15, 0.2) is 98.1 Å². The predicted molar refractivity (Wildman–Crippen MR) is 103 cm³/mol. The SMILES string of the molecule is C=C.[CH3-].[CH3-].[Ti+4].c1ccc2[cH-]ccc2c1.c1ccc2[cH-]ccc2c1. The number of fused-ring (bicyclic) bond motifs is 2. The summed E-state index contributed by atoms with van der Waals surface area (Å²) in [6.07, 6.45) is 0. The Morgan fingerprint density at radius 2 is 0.913 bits per heavy atom. The second kappa shape index (κ2) is 12.6. The monoisotopic (exact) mass is 336 g/mol. The first-order chi connectivity index (χ1) is 9.93. The van der Waals surface area contributed by atoms with E-state index < -0.39 is 0 Å². The average molecular weight is 336 g/mol. The zero-order valence-corrected chi connectivity index (χ0v) is 15.6. The van der Waals surface area contributed by atoms with Crippen molar-refractivity contribution in [1.29, 1.82) is 0 Å². The summed E-state index contributed by atoms with van der Waals surface area (Å²) < 4.78 is 0. The van der Waals surface area contributed by atoms with Gasteiger partial charge in [0.15, 0.2) is 0 Å². The van der Waals surface area contributed by atoms with Crippen molar-refractivity contribution in [3.63, 3.8) is 0 Å². The molecule has 0 nitrogen and oxygen atoms in total. The van der Waals surface area contributed by atoms with Crippen molar-refractivity contribution in [1.82, 2.24) is 0 Å². The van der Waals surface area contributed by atoms with Crippen LogP contribution in [0.1, 0.15) is 0 Å². The van der Waals surface area contributed by atoms with Crippen LogP contribution in [-0.2, 0) is 21.7 Å². The summed E-state index contributed by atoms with van der Waals surface area (Å²) in [6.45, 7) is 6.00. The third-order valence-corrected chi connectivity index (χ3v) is 3.10. The Hall–Kier alpha value is -1.89. The Bertz CT molecular complexity index is 635. The second-order valence-electron chi connectivity index (χ2n) is 4.31. The molecule has 0 unspecified atom stereocenters. The topological polar surface area (TPSA) is 0 Å². The van der Waals surface area contributed by atoms with Crippen LogP contribution >= 0.6 is 0 Å². The maximum absolute atomic E-state index is 3.00. The van der Waals surface area contributed by atoms with Gasteiger partial charge in [-0.2, -0.15) is 35.0 Å². The van der Waals surface area contributed by atoms with Gasteiger partial charge in [0, 0.05) is 0 Å². The van der Waals surface area contributed by atoms with Crippen LogP contribution in [0.5, 0.6) is 0 Å². The van der Waals surface area contributed by atoms with Crippen molar-refractivity contribution in [2.24, 2.45) is 0 Å². The fraction of sp³-hybridized carbons (Fsp3) is 0. The summed E-state index contributed by atoms with van der Waals surface area (Å²) in [5, 5.41) is 5.32. The van der Waals surface area contributed by atoms with Gasteiger partial charge in [0.1, 0.15) is 0 Å². The van der Waals surface area contributed by atoms with Gasteiger partial charge in [-0.15, -0.1) is 72.5 Å². The number of hydrogen-bond donors (Lipinski definition) is 0. The quantitative estimate of drug-likeness (QED) is 0.188. The molecule has 0 spiro atoms. The first kappa shape index (κ1) is 23.4. The molecule has 0 fully saturated rings. The first-order valence-corrected chi connectivity index (χ1v) is 6.64. The molecular formula is C22H24Ti. The van der Waals surface area contributed by atoms with E-state index in [4.69, 9.17) is 0 Å². The van der Waals surface area contributed by atoms with E-state index in [1.165, 1.54) is 21.5 Å². The maximum atomic E-state index is 3.00. The van der Waals surface area contributed by atoms with E-state index in [0.717, 1.165) is 0 Å². The van der Waals surface area contributed by atoms with Gasteiger partial charge < -0.3 is 14.9 Å². The third-order valence-electron chi connectivity index (χ3n) is 3.10. The Balaban J connectivity index is 0. The summed E-state index contributed by atoms with van der Waals surface area (Å²) in [5.41, 5.74) is 0. The van der Waals surface area contributed by atoms with Gasteiger partial charge in [-0.05, 0) is 0 Å². The molecule has 0 saturated carbocycles. The van der Waals surface area contributed by atoms with Crippen LogP contribution < -0.4 is 0 Å². The predicted octanol–water partition coefficient (Wildman–Crippen LogP) is 6.82. The van der Waals surface area contributed by atoms with Gasteiger partial charge in [0.2, 0.25) is 0 Å². The van der Waals surface area contributed by atoms with Crippen LogP contribution in [0.3, 0.4) is 0 Å². The summed E-state index contributed by atoms with van der Waals surface area (Å²) in [6, 6.07) is 29.3. The average Bonchev–Trinajstić information content (AvgIpc) is 3.18. The molecular weight excluding hydrogens is 312 g/mol. The molecule has 0 aliphatic heterocycles. The largest absolute Gasteiger partial charge is 4.00 e. The van der Waals surface area contributed by atoms with Crippen molar-refractivity contribution in [3.8, 4) is 0 Å². The minimum absolute atomic E-state index is 0. The van der Waals surface area contributed by atoms with Gasteiger partial charge in [-0.25, -0.2) is 0 Å². The molecule has 0 amide bonds. The Morgan fingerprint density at radius 1 is 0.565 bits per heavy atom. The minimum Gasteiger partial charge on any atom is -0.358 e. The fourth-order valence-electron chi connectivity index (χ4n) is 2.14. The van der Waals surface area contributed by atoms with Crippen molar-refractivity contribution < 1.29 is 21.7 Å². The number of rotatable bonds is 0. The molecule has 0 aliphatic carbocycles. The molecule has 1 heteroatoms. The van der Waals surface area contributed by atoms with Gasteiger partial charge in [-0.1, -0.05) is 12.1 Å². The van der Waals surface area contributed by atoms with Crippen LogP contribution in [-0.4, -0.2) is 0 Å². The first-order valence-electron chi connectivity index (χ1n) is 6.64. The van der Waals surface area contributed by atoms with E-state index in [9.17, 15) is 0 Å². The fourth-order valence-corrected chi connectivity index (χ4v) is 2.14. The minimum atomic E-state index is 0. The van der Waals surface area contributed by atoms with E-state index >= 15 is 0 Å². The van der Waals surface area contributed by atoms with Crippen molar-refractivity contribution in [2.45, 2.75) is 0 Å². The van der Waals surface area contributed by atoms with Crippen LogP contribution in [0.4, 0.5) is 0 Å². The molecule has 4 aromatic rings. The van der Waals surface area contributed by atoms with Gasteiger partial charge in [0.25, 0.3) is 0 Å². The summed E-state index contributed by atoms with van der Waals surface area (Å²) in [7, 11) is 0. The maximum Gasteiger partial charge on any atom is 4.00 e. The van der Waals surface area contributed by atoms with E-state index in [1.807, 2.05) is 0 Å². The molecule has 23 heavy (non-hydrogen) atoms. The Labute approximate surface area is 156 Å². The van der Waals surface area contributed by atoms with Crippen LogP contribution in [0, 0.1) is 14.9 Å². The zero-order valence-electron chi connectivity index (χ0n) is 14.0. The molecule has 0 bridgehead atoms. The smallest absolute Gasteiger partial charge is 0.358 e.